The van der Waals surface area contributed by atoms with Crippen LogP contribution in [0.3, 0.4) is 0 Å². The van der Waals surface area contributed by atoms with Gasteiger partial charge in [0.2, 0.25) is 5.78 Å². The first-order chi connectivity index (χ1) is 17.9. The average molecular weight is 496 g/mol. The molecule has 0 aliphatic heterocycles. The van der Waals surface area contributed by atoms with Gasteiger partial charge >= 0.3 is 5.97 Å². The molecule has 8 heteroatoms. The number of nitrogens with zero attached hydrogens (tertiary/aromatic N) is 3. The zero-order chi connectivity index (χ0) is 26.1. The molecule has 0 aliphatic rings. The average Bonchev–Trinajstić information content (AvgIpc) is 3.21. The molecular formula is C29H22FN3O4. The third-order valence-corrected chi connectivity index (χ3v) is 6.16. The van der Waals surface area contributed by atoms with Crippen LogP contribution in [0.1, 0.15) is 32.2 Å². The largest absolute Gasteiger partial charge is 0.452 e. The molecule has 184 valence electrons. The van der Waals surface area contributed by atoms with E-state index in [0.717, 1.165) is 4.68 Å². The van der Waals surface area contributed by atoms with Gasteiger partial charge < -0.3 is 9.30 Å². The quantitative estimate of drug-likeness (QED) is 0.245. The smallest absolute Gasteiger partial charge is 0.359 e. The number of halogens is 1. The van der Waals surface area contributed by atoms with Gasteiger partial charge in [-0.3, -0.25) is 9.59 Å². The van der Waals surface area contributed by atoms with Gasteiger partial charge in [0.05, 0.1) is 16.8 Å². The number of carbonyl (C=O) groups is 2. The van der Waals surface area contributed by atoms with Crippen molar-refractivity contribution in [3.8, 4) is 11.4 Å². The molecule has 7 nitrogen and oxygen atoms in total. The van der Waals surface area contributed by atoms with Crippen molar-refractivity contribution in [3.63, 3.8) is 0 Å². The van der Waals surface area contributed by atoms with Gasteiger partial charge in [-0.1, -0.05) is 48.5 Å². The fraction of sp³-hybridized carbons (Fsp3) is 0.103. The molecule has 0 atom stereocenters. The molecule has 37 heavy (non-hydrogen) atoms. The van der Waals surface area contributed by atoms with E-state index in [-0.39, 0.29) is 11.3 Å². The van der Waals surface area contributed by atoms with Gasteiger partial charge in [0.1, 0.15) is 5.82 Å². The maximum Gasteiger partial charge on any atom is 0.359 e. The highest BCUT2D eigenvalue weighted by molar-refractivity contribution is 6.04. The molecule has 0 aliphatic carbocycles. The van der Waals surface area contributed by atoms with E-state index in [1.165, 1.54) is 6.07 Å². The van der Waals surface area contributed by atoms with E-state index < -0.39 is 24.2 Å². The van der Waals surface area contributed by atoms with Crippen LogP contribution in [-0.2, 0) is 4.74 Å². The van der Waals surface area contributed by atoms with Crippen molar-refractivity contribution in [1.29, 1.82) is 0 Å². The topological polar surface area (TPSA) is 83.2 Å². The molecule has 0 fully saturated rings. The summed E-state index contributed by atoms with van der Waals surface area (Å²) in [4.78, 5) is 39.2. The van der Waals surface area contributed by atoms with E-state index in [4.69, 9.17) is 4.74 Å². The Hall–Kier alpha value is -4.85. The lowest BCUT2D eigenvalue weighted by Gasteiger charge is -2.11. The van der Waals surface area contributed by atoms with Crippen molar-refractivity contribution < 1.29 is 18.7 Å². The SMILES string of the molecule is Cc1cc(C(=O)COC(=O)c2nn(-c3ccccc3)c(=O)c3ccccc23)c(C)n1-c1ccccc1F. The summed E-state index contributed by atoms with van der Waals surface area (Å²) in [5, 5.41) is 4.91. The van der Waals surface area contributed by atoms with E-state index in [0.29, 0.717) is 39.1 Å². The Kier molecular flexibility index (Phi) is 6.23. The van der Waals surface area contributed by atoms with Crippen molar-refractivity contribution in [1.82, 2.24) is 14.3 Å². The van der Waals surface area contributed by atoms with Gasteiger partial charge in [0, 0.05) is 22.3 Å². The van der Waals surface area contributed by atoms with E-state index in [2.05, 4.69) is 5.10 Å². The highest BCUT2D eigenvalue weighted by atomic mass is 19.1. The predicted molar refractivity (Wildman–Crippen MR) is 137 cm³/mol. The van der Waals surface area contributed by atoms with Crippen LogP contribution < -0.4 is 5.56 Å². The molecule has 0 spiro atoms. The third-order valence-electron chi connectivity index (χ3n) is 6.16. The molecule has 2 heterocycles. The lowest BCUT2D eigenvalue weighted by atomic mass is 10.1. The van der Waals surface area contributed by atoms with E-state index >= 15 is 0 Å². The number of hydrogen-bond donors (Lipinski definition) is 0. The molecule has 0 N–H and O–H groups in total. The molecule has 0 unspecified atom stereocenters. The van der Waals surface area contributed by atoms with Gasteiger partial charge in [-0.05, 0) is 50.2 Å². The van der Waals surface area contributed by atoms with Crippen LogP contribution in [0.4, 0.5) is 4.39 Å². The standard InChI is InChI=1S/C29H22FN3O4/c1-18-16-23(19(2)32(18)25-15-9-8-14-24(25)30)26(34)17-37-29(36)27-21-12-6-7-13-22(21)28(35)33(31-27)20-10-4-3-5-11-20/h3-16H,17H2,1-2H3. The highest BCUT2D eigenvalue weighted by Crippen LogP contribution is 2.23. The minimum atomic E-state index is -0.836. The molecule has 5 aromatic rings. The summed E-state index contributed by atoms with van der Waals surface area (Å²) in [7, 11) is 0. The molecular weight excluding hydrogens is 473 g/mol. The number of aromatic nitrogens is 3. The number of aryl methyl sites for hydroxylation is 1. The number of Topliss-reactive ketones (excluding diaryl/α,β-unsaturated/α-hetero) is 1. The molecule has 0 saturated heterocycles. The van der Waals surface area contributed by atoms with Crippen LogP contribution in [0.15, 0.2) is 89.7 Å². The van der Waals surface area contributed by atoms with E-state index in [1.54, 1.807) is 97.3 Å². The molecule has 3 aromatic carbocycles. The van der Waals surface area contributed by atoms with Crippen molar-refractivity contribution >= 4 is 22.5 Å². The summed E-state index contributed by atoms with van der Waals surface area (Å²) in [5.74, 6) is -1.69. The number of para-hydroxylation sites is 2. The number of carbonyl (C=O) groups excluding carboxylic acids is 2. The Balaban J connectivity index is 1.45. The maximum absolute atomic E-state index is 14.4. The highest BCUT2D eigenvalue weighted by Gasteiger charge is 2.22. The molecule has 0 bridgehead atoms. The normalized spacial score (nSPS) is 11.0. The van der Waals surface area contributed by atoms with Crippen LogP contribution in [0.5, 0.6) is 0 Å². The van der Waals surface area contributed by atoms with Gasteiger partial charge in [-0.25, -0.2) is 9.18 Å². The maximum atomic E-state index is 14.4. The minimum Gasteiger partial charge on any atom is -0.452 e. The molecule has 0 saturated carbocycles. The summed E-state index contributed by atoms with van der Waals surface area (Å²) in [6, 6.07) is 23.3. The molecule has 0 amide bonds. The van der Waals surface area contributed by atoms with Crippen molar-refractivity contribution in [3.05, 3.63) is 124 Å². The van der Waals surface area contributed by atoms with Crippen LogP contribution >= 0.6 is 0 Å². The van der Waals surface area contributed by atoms with Crippen molar-refractivity contribution in [2.24, 2.45) is 0 Å². The Morgan fingerprint density at radius 3 is 2.27 bits per heavy atom. The lowest BCUT2D eigenvalue weighted by Crippen LogP contribution is -2.26. The second-order valence-corrected chi connectivity index (χ2v) is 8.52. The zero-order valence-electron chi connectivity index (χ0n) is 20.1. The molecule has 5 rings (SSSR count). The minimum absolute atomic E-state index is 0.0799. The number of rotatable bonds is 6. The zero-order valence-corrected chi connectivity index (χ0v) is 20.1. The Morgan fingerprint density at radius 2 is 1.54 bits per heavy atom. The number of esters is 1. The number of ether oxygens (including phenoxy) is 1. The van der Waals surface area contributed by atoms with E-state index in [9.17, 15) is 18.8 Å². The fourth-order valence-electron chi connectivity index (χ4n) is 4.41. The van der Waals surface area contributed by atoms with Crippen LogP contribution in [0, 0.1) is 19.7 Å². The van der Waals surface area contributed by atoms with Crippen molar-refractivity contribution in [2.45, 2.75) is 13.8 Å². The summed E-state index contributed by atoms with van der Waals surface area (Å²) < 4.78 is 22.5. The number of ketones is 1. The fourth-order valence-corrected chi connectivity index (χ4v) is 4.41. The summed E-state index contributed by atoms with van der Waals surface area (Å²) >= 11 is 0. The van der Waals surface area contributed by atoms with Crippen LogP contribution in [-0.4, -0.2) is 32.7 Å². The first kappa shape index (κ1) is 23.9. The van der Waals surface area contributed by atoms with Gasteiger partial charge in [0.25, 0.3) is 5.56 Å². The number of benzene rings is 3. The molecule has 0 radical (unpaired) electrons. The Bertz CT molecular complexity index is 1720. The van der Waals surface area contributed by atoms with Crippen molar-refractivity contribution in [2.75, 3.05) is 6.61 Å². The second-order valence-electron chi connectivity index (χ2n) is 8.52. The number of fused-ring (bicyclic) bond motifs is 1. The van der Waals surface area contributed by atoms with Crippen LogP contribution in [0.2, 0.25) is 0 Å². The summed E-state index contributed by atoms with van der Waals surface area (Å²) in [5.41, 5.74) is 1.88. The first-order valence-electron chi connectivity index (χ1n) is 11.6. The van der Waals surface area contributed by atoms with Gasteiger partial charge in [-0.15, -0.1) is 0 Å². The van der Waals surface area contributed by atoms with Crippen LogP contribution in [0.25, 0.3) is 22.1 Å². The third kappa shape index (κ3) is 4.33. The second kappa shape index (κ2) is 9.66. The predicted octanol–water partition coefficient (Wildman–Crippen LogP) is 4.97. The summed E-state index contributed by atoms with van der Waals surface area (Å²) in [6.45, 7) is 2.94. The summed E-state index contributed by atoms with van der Waals surface area (Å²) in [6.07, 6.45) is 0. The van der Waals surface area contributed by atoms with Gasteiger partial charge in [-0.2, -0.15) is 9.78 Å². The monoisotopic (exact) mass is 495 g/mol. The number of hydrogen-bond acceptors (Lipinski definition) is 5. The Labute approximate surface area is 211 Å². The van der Waals surface area contributed by atoms with Gasteiger partial charge in [0.15, 0.2) is 12.3 Å². The lowest BCUT2D eigenvalue weighted by molar-refractivity contribution is 0.0469. The molecule has 2 aromatic heterocycles. The first-order valence-corrected chi connectivity index (χ1v) is 11.6. The van der Waals surface area contributed by atoms with E-state index in [1.807, 2.05) is 0 Å². The Morgan fingerprint density at radius 1 is 0.892 bits per heavy atom.